The lowest BCUT2D eigenvalue weighted by molar-refractivity contribution is -0.137. The van der Waals surface area contributed by atoms with Crippen LogP contribution in [0.5, 0.6) is 0 Å². The highest BCUT2D eigenvalue weighted by molar-refractivity contribution is 7.13. The summed E-state index contributed by atoms with van der Waals surface area (Å²) < 4.78 is 39.2. The summed E-state index contributed by atoms with van der Waals surface area (Å²) in [4.78, 5) is 44.1. The van der Waals surface area contributed by atoms with Gasteiger partial charge in [0.05, 0.1) is 21.8 Å². The van der Waals surface area contributed by atoms with Gasteiger partial charge in [0.1, 0.15) is 28.5 Å². The molecule has 3 aromatic rings. The van der Waals surface area contributed by atoms with E-state index in [1.54, 1.807) is 13.0 Å². The highest BCUT2D eigenvalue weighted by Crippen LogP contribution is 2.35. The third-order valence-corrected chi connectivity index (χ3v) is 7.40. The van der Waals surface area contributed by atoms with Gasteiger partial charge < -0.3 is 15.5 Å². The number of hydrogen-bond donors (Lipinski definition) is 2. The summed E-state index contributed by atoms with van der Waals surface area (Å²) in [7, 11) is 0. The summed E-state index contributed by atoms with van der Waals surface area (Å²) in [5.74, 6) is -0.931. The molecule has 3 rings (SSSR count). The maximum absolute atomic E-state index is 13.1. The Labute approximate surface area is 233 Å². The largest absolute Gasteiger partial charge is 0.418 e. The van der Waals surface area contributed by atoms with Crippen molar-refractivity contribution in [3.8, 4) is 0 Å². The lowest BCUT2D eigenvalue weighted by atomic mass is 10.0. The van der Waals surface area contributed by atoms with Crippen molar-refractivity contribution >= 4 is 46.3 Å². The first-order valence-electron chi connectivity index (χ1n) is 12.3. The molecule has 0 radical (unpaired) electrons. The van der Waals surface area contributed by atoms with Gasteiger partial charge in [0, 0.05) is 31.1 Å². The van der Waals surface area contributed by atoms with Crippen molar-refractivity contribution in [1.29, 1.82) is 0 Å². The predicted molar refractivity (Wildman–Crippen MR) is 145 cm³/mol. The molecule has 0 aliphatic carbocycles. The summed E-state index contributed by atoms with van der Waals surface area (Å²) in [6.45, 7) is 9.70. The first kappa shape index (κ1) is 30.4. The van der Waals surface area contributed by atoms with Crippen LogP contribution in [-0.4, -0.2) is 62.7 Å². The van der Waals surface area contributed by atoms with Crippen molar-refractivity contribution in [2.45, 2.75) is 45.7 Å². The molecule has 1 amide bonds. The molecule has 3 aromatic heterocycles. The molecule has 0 aromatic carbocycles. The first-order valence-corrected chi connectivity index (χ1v) is 13.5. The van der Waals surface area contributed by atoms with Crippen molar-refractivity contribution in [2.24, 2.45) is 0 Å². The van der Waals surface area contributed by atoms with Crippen molar-refractivity contribution in [3.63, 3.8) is 0 Å². The number of alkyl halides is 3. The average molecular weight is 584 g/mol. The number of amides is 1. The number of halogens is 4. The topological polar surface area (TPSA) is 113 Å². The number of nitrogens with zero attached hydrogens (tertiary/aromatic N) is 5. The van der Waals surface area contributed by atoms with Gasteiger partial charge in [0.15, 0.2) is 5.78 Å². The van der Waals surface area contributed by atoms with Gasteiger partial charge in [-0.2, -0.15) is 13.2 Å². The SMILES string of the molecule is CCN(CC)CCCNc1cc(C(=O)CC(C)c2ncc(C(=O)Nc3cc(C(F)(F)F)c(Cl)cn3)s2)ncn1. The number of ketones is 1. The molecule has 0 bridgehead atoms. The Morgan fingerprint density at radius 3 is 2.51 bits per heavy atom. The van der Waals surface area contributed by atoms with Crippen LogP contribution in [0.3, 0.4) is 0 Å². The Morgan fingerprint density at radius 1 is 1.08 bits per heavy atom. The zero-order valence-corrected chi connectivity index (χ0v) is 23.3. The molecular weight excluding hydrogens is 555 g/mol. The van der Waals surface area contributed by atoms with Gasteiger partial charge in [-0.1, -0.05) is 32.4 Å². The van der Waals surface area contributed by atoms with Crippen LogP contribution in [0.25, 0.3) is 0 Å². The number of carbonyl (C=O) groups excluding carboxylic acids is 2. The molecule has 1 unspecified atom stereocenters. The van der Waals surface area contributed by atoms with Crippen LogP contribution in [-0.2, 0) is 6.18 Å². The maximum atomic E-state index is 13.1. The smallest absolute Gasteiger partial charge is 0.370 e. The summed E-state index contributed by atoms with van der Waals surface area (Å²) in [6, 6.07) is 2.28. The lowest BCUT2D eigenvalue weighted by Crippen LogP contribution is -2.25. The minimum Gasteiger partial charge on any atom is -0.370 e. The van der Waals surface area contributed by atoms with Gasteiger partial charge in [-0.3, -0.25) is 9.59 Å². The summed E-state index contributed by atoms with van der Waals surface area (Å²) in [5, 5.41) is 5.50. The van der Waals surface area contributed by atoms with E-state index in [0.717, 1.165) is 43.6 Å². The van der Waals surface area contributed by atoms with E-state index < -0.39 is 22.7 Å². The van der Waals surface area contributed by atoms with Gasteiger partial charge in [-0.15, -0.1) is 11.3 Å². The highest BCUT2D eigenvalue weighted by atomic mass is 35.5. The van der Waals surface area contributed by atoms with Crippen molar-refractivity contribution < 1.29 is 22.8 Å². The molecule has 0 saturated carbocycles. The van der Waals surface area contributed by atoms with Crippen molar-refractivity contribution in [2.75, 3.05) is 36.8 Å². The van der Waals surface area contributed by atoms with E-state index in [0.29, 0.717) is 23.4 Å². The van der Waals surface area contributed by atoms with E-state index >= 15 is 0 Å². The van der Waals surface area contributed by atoms with Crippen LogP contribution in [0.15, 0.2) is 30.9 Å². The molecule has 1 atom stereocenters. The molecule has 39 heavy (non-hydrogen) atoms. The van der Waals surface area contributed by atoms with Crippen LogP contribution in [0.4, 0.5) is 24.8 Å². The fourth-order valence-corrected chi connectivity index (χ4v) is 4.73. The number of aromatic nitrogens is 4. The third-order valence-electron chi connectivity index (χ3n) is 5.87. The predicted octanol–water partition coefficient (Wildman–Crippen LogP) is 5.77. The molecular formula is C25H29ClF3N7O2S. The molecule has 0 aliphatic rings. The Balaban J connectivity index is 1.57. The summed E-state index contributed by atoms with van der Waals surface area (Å²) in [6.07, 6.45) is -0.186. The fourth-order valence-electron chi connectivity index (χ4n) is 3.66. The van der Waals surface area contributed by atoms with E-state index in [9.17, 15) is 22.8 Å². The van der Waals surface area contributed by atoms with Gasteiger partial charge >= 0.3 is 6.18 Å². The van der Waals surface area contributed by atoms with E-state index in [4.69, 9.17) is 11.6 Å². The van der Waals surface area contributed by atoms with E-state index in [-0.39, 0.29) is 34.5 Å². The Bertz CT molecular complexity index is 1280. The van der Waals surface area contributed by atoms with Gasteiger partial charge in [-0.25, -0.2) is 19.9 Å². The molecule has 0 aliphatic heterocycles. The van der Waals surface area contributed by atoms with Crippen molar-refractivity contribution in [1.82, 2.24) is 24.8 Å². The zero-order chi connectivity index (χ0) is 28.6. The molecule has 0 saturated heterocycles. The van der Waals surface area contributed by atoms with Crippen LogP contribution >= 0.6 is 22.9 Å². The van der Waals surface area contributed by atoms with Crippen LogP contribution in [0.2, 0.25) is 5.02 Å². The highest BCUT2D eigenvalue weighted by Gasteiger charge is 2.34. The second-order valence-electron chi connectivity index (χ2n) is 8.69. The standard InChI is InChI=1S/C25H29ClF3N7O2S/c1-4-36(5-2)8-6-7-30-21-11-18(33-14-34-21)19(37)9-15(3)24-32-13-20(39-24)23(38)35-22-10-16(25(27,28)29)17(26)12-31-22/h10-15H,4-9H2,1-3H3,(H,30,33,34)(H,31,35,38). The van der Waals surface area contributed by atoms with E-state index in [1.807, 2.05) is 0 Å². The molecule has 0 fully saturated rings. The number of hydrogen-bond acceptors (Lipinski definition) is 9. The molecule has 0 spiro atoms. The molecule has 9 nitrogen and oxygen atoms in total. The van der Waals surface area contributed by atoms with E-state index in [1.165, 1.54) is 12.5 Å². The number of nitrogens with one attached hydrogen (secondary N) is 2. The van der Waals surface area contributed by atoms with Gasteiger partial charge in [0.2, 0.25) is 0 Å². The average Bonchev–Trinajstić information content (AvgIpc) is 3.40. The normalized spacial score (nSPS) is 12.4. The van der Waals surface area contributed by atoms with Gasteiger partial charge in [0.25, 0.3) is 5.91 Å². The zero-order valence-electron chi connectivity index (χ0n) is 21.7. The monoisotopic (exact) mass is 583 g/mol. The van der Waals surface area contributed by atoms with Crippen molar-refractivity contribution in [3.05, 3.63) is 57.0 Å². The Kier molecular flexibility index (Phi) is 10.7. The summed E-state index contributed by atoms with van der Waals surface area (Å²) >= 11 is 6.61. The first-order chi connectivity index (χ1) is 18.5. The number of thiazole rings is 1. The number of Topliss-reactive ketones (excluding diaryl/α,β-unsaturated/α-hetero) is 1. The quantitative estimate of drug-likeness (QED) is 0.192. The minimum absolute atomic E-state index is 0.0979. The molecule has 14 heteroatoms. The Morgan fingerprint density at radius 2 is 1.82 bits per heavy atom. The van der Waals surface area contributed by atoms with Gasteiger partial charge in [-0.05, 0) is 32.1 Å². The van der Waals surface area contributed by atoms with Crippen LogP contribution in [0, 0.1) is 0 Å². The number of rotatable bonds is 13. The lowest BCUT2D eigenvalue weighted by Gasteiger charge is -2.17. The summed E-state index contributed by atoms with van der Waals surface area (Å²) in [5.41, 5.74) is -0.832. The fraction of sp³-hybridized carbons (Fsp3) is 0.440. The molecule has 2 N–H and O–H groups in total. The number of pyridine rings is 1. The maximum Gasteiger partial charge on any atom is 0.418 e. The third kappa shape index (κ3) is 8.67. The second kappa shape index (κ2) is 13.8. The number of anilines is 2. The molecule has 210 valence electrons. The molecule has 3 heterocycles. The second-order valence-corrected chi connectivity index (χ2v) is 10.2. The Hall–Kier alpha value is -3.16. The van der Waals surface area contributed by atoms with Crippen LogP contribution in [0.1, 0.15) is 70.3 Å². The number of carbonyl (C=O) groups is 2. The van der Waals surface area contributed by atoms with E-state index in [2.05, 4.69) is 49.3 Å². The minimum atomic E-state index is -4.69. The van der Waals surface area contributed by atoms with Crippen LogP contribution < -0.4 is 10.6 Å².